The predicted molar refractivity (Wildman–Crippen MR) is 68.9 cm³/mol. The Bertz CT molecular complexity index is 358. The summed E-state index contributed by atoms with van der Waals surface area (Å²) in [6.07, 6.45) is 5.88. The zero-order valence-electron chi connectivity index (χ0n) is 10.7. The van der Waals surface area contributed by atoms with Crippen molar-refractivity contribution in [1.82, 2.24) is 4.57 Å². The molecule has 96 valence electrons. The van der Waals surface area contributed by atoms with Crippen LogP contribution in [0.5, 0.6) is 0 Å². The van der Waals surface area contributed by atoms with Crippen LogP contribution >= 0.6 is 0 Å². The number of hydrogen-bond acceptors (Lipinski definition) is 3. The van der Waals surface area contributed by atoms with E-state index in [0.717, 1.165) is 32.2 Å². The van der Waals surface area contributed by atoms with E-state index in [1.807, 2.05) is 4.57 Å². The summed E-state index contributed by atoms with van der Waals surface area (Å²) in [5.74, 6) is -0.272. The first kappa shape index (κ1) is 13.6. The molecule has 0 amide bonds. The summed E-state index contributed by atoms with van der Waals surface area (Å²) in [5.41, 5.74) is 6.86. The second-order valence-electron chi connectivity index (χ2n) is 4.20. The average molecular weight is 238 g/mol. The van der Waals surface area contributed by atoms with Crippen LogP contribution in [0.3, 0.4) is 0 Å². The number of carbonyl (C=O) groups is 1. The topological polar surface area (TPSA) is 57.2 Å². The van der Waals surface area contributed by atoms with Crippen molar-refractivity contribution >= 4 is 11.7 Å². The maximum absolute atomic E-state index is 11.8. The summed E-state index contributed by atoms with van der Waals surface area (Å²) in [5, 5.41) is 0. The zero-order valence-corrected chi connectivity index (χ0v) is 10.7. The van der Waals surface area contributed by atoms with E-state index in [2.05, 4.69) is 13.8 Å². The Labute approximate surface area is 103 Å². The third kappa shape index (κ3) is 4.13. The third-order valence-corrected chi connectivity index (χ3v) is 2.57. The molecule has 0 saturated heterocycles. The van der Waals surface area contributed by atoms with E-state index >= 15 is 0 Å². The second-order valence-corrected chi connectivity index (χ2v) is 4.20. The summed E-state index contributed by atoms with van der Waals surface area (Å²) in [4.78, 5) is 11.8. The van der Waals surface area contributed by atoms with Crippen LogP contribution in [0.15, 0.2) is 12.3 Å². The lowest BCUT2D eigenvalue weighted by atomic mass is 10.3. The first-order valence-electron chi connectivity index (χ1n) is 6.31. The summed E-state index contributed by atoms with van der Waals surface area (Å²) >= 11 is 0. The zero-order chi connectivity index (χ0) is 12.7. The molecule has 0 fully saturated rings. The first-order chi connectivity index (χ1) is 8.19. The van der Waals surface area contributed by atoms with Gasteiger partial charge in [0.15, 0.2) is 0 Å². The van der Waals surface area contributed by atoms with Crippen LogP contribution in [0, 0.1) is 0 Å². The van der Waals surface area contributed by atoms with Crippen LogP contribution in [0.2, 0.25) is 0 Å². The molecule has 0 aliphatic carbocycles. The molecular formula is C13H22N2O2. The maximum atomic E-state index is 11.8. The molecule has 2 N–H and O–H groups in total. The summed E-state index contributed by atoms with van der Waals surface area (Å²) in [6.45, 7) is 5.46. The summed E-state index contributed by atoms with van der Waals surface area (Å²) < 4.78 is 7.07. The molecule has 0 atom stereocenters. The van der Waals surface area contributed by atoms with E-state index in [4.69, 9.17) is 10.5 Å². The molecule has 0 aromatic carbocycles. The van der Waals surface area contributed by atoms with E-state index in [-0.39, 0.29) is 5.97 Å². The SMILES string of the molecule is CCCCCOC(=O)c1cc(N)cn1CCC. The fraction of sp³-hybridized carbons (Fsp3) is 0.615. The largest absolute Gasteiger partial charge is 0.461 e. The van der Waals surface area contributed by atoms with Crippen LogP contribution in [0.1, 0.15) is 50.0 Å². The molecule has 0 aliphatic heterocycles. The molecule has 4 nitrogen and oxygen atoms in total. The standard InChI is InChI=1S/C13H22N2O2/c1-3-5-6-8-17-13(16)12-9-11(14)10-15(12)7-4-2/h9-10H,3-8,14H2,1-2H3. The molecular weight excluding hydrogens is 216 g/mol. The molecule has 4 heteroatoms. The monoisotopic (exact) mass is 238 g/mol. The van der Waals surface area contributed by atoms with Gasteiger partial charge in [-0.25, -0.2) is 4.79 Å². The van der Waals surface area contributed by atoms with E-state index in [0.29, 0.717) is 18.0 Å². The highest BCUT2D eigenvalue weighted by Crippen LogP contribution is 2.13. The number of carbonyl (C=O) groups excluding carboxylic acids is 1. The third-order valence-electron chi connectivity index (χ3n) is 2.57. The van der Waals surface area contributed by atoms with Crippen LogP contribution < -0.4 is 5.73 Å². The summed E-state index contributed by atoms with van der Waals surface area (Å²) in [6, 6.07) is 1.68. The lowest BCUT2D eigenvalue weighted by molar-refractivity contribution is 0.0485. The minimum atomic E-state index is -0.272. The van der Waals surface area contributed by atoms with E-state index in [9.17, 15) is 4.79 Å². The molecule has 0 unspecified atom stereocenters. The molecule has 1 heterocycles. The van der Waals surface area contributed by atoms with Crippen LogP contribution in [-0.2, 0) is 11.3 Å². The Morgan fingerprint density at radius 2 is 2.12 bits per heavy atom. The van der Waals surface area contributed by atoms with E-state index in [1.54, 1.807) is 12.3 Å². The number of unbranched alkanes of at least 4 members (excludes halogenated alkanes) is 2. The number of nitrogens with two attached hydrogens (primary N) is 1. The number of rotatable bonds is 7. The maximum Gasteiger partial charge on any atom is 0.355 e. The van der Waals surface area contributed by atoms with Gasteiger partial charge >= 0.3 is 5.97 Å². The van der Waals surface area contributed by atoms with Gasteiger partial charge in [0.1, 0.15) is 5.69 Å². The van der Waals surface area contributed by atoms with Gasteiger partial charge in [0.25, 0.3) is 0 Å². The Morgan fingerprint density at radius 3 is 2.76 bits per heavy atom. The smallest absolute Gasteiger partial charge is 0.355 e. The number of nitrogens with zero attached hydrogens (tertiary/aromatic N) is 1. The van der Waals surface area contributed by atoms with Gasteiger partial charge < -0.3 is 15.0 Å². The van der Waals surface area contributed by atoms with Gasteiger partial charge in [0.05, 0.1) is 12.3 Å². The number of anilines is 1. The Kier molecular flexibility index (Phi) is 5.60. The highest BCUT2D eigenvalue weighted by atomic mass is 16.5. The van der Waals surface area contributed by atoms with Crippen molar-refractivity contribution in [2.75, 3.05) is 12.3 Å². The molecule has 1 aromatic rings. The van der Waals surface area contributed by atoms with Crippen LogP contribution in [0.25, 0.3) is 0 Å². The summed E-state index contributed by atoms with van der Waals surface area (Å²) in [7, 11) is 0. The molecule has 0 saturated carbocycles. The molecule has 17 heavy (non-hydrogen) atoms. The highest BCUT2D eigenvalue weighted by molar-refractivity contribution is 5.89. The lowest BCUT2D eigenvalue weighted by Crippen LogP contribution is -2.12. The Morgan fingerprint density at radius 1 is 1.35 bits per heavy atom. The number of esters is 1. The van der Waals surface area contributed by atoms with Gasteiger partial charge in [0, 0.05) is 12.7 Å². The molecule has 1 rings (SSSR count). The van der Waals surface area contributed by atoms with Crippen molar-refractivity contribution in [3.05, 3.63) is 18.0 Å². The van der Waals surface area contributed by atoms with Crippen molar-refractivity contribution in [3.63, 3.8) is 0 Å². The molecule has 0 radical (unpaired) electrons. The molecule has 0 spiro atoms. The number of nitrogen functional groups attached to an aromatic ring is 1. The van der Waals surface area contributed by atoms with Gasteiger partial charge in [-0.15, -0.1) is 0 Å². The van der Waals surface area contributed by atoms with Crippen molar-refractivity contribution in [1.29, 1.82) is 0 Å². The van der Waals surface area contributed by atoms with Gasteiger partial charge in [0.2, 0.25) is 0 Å². The molecule has 0 aliphatic rings. The van der Waals surface area contributed by atoms with Crippen molar-refractivity contribution in [2.24, 2.45) is 0 Å². The van der Waals surface area contributed by atoms with E-state index < -0.39 is 0 Å². The van der Waals surface area contributed by atoms with Crippen molar-refractivity contribution < 1.29 is 9.53 Å². The van der Waals surface area contributed by atoms with Crippen LogP contribution in [-0.4, -0.2) is 17.1 Å². The molecule has 1 aromatic heterocycles. The quantitative estimate of drug-likeness (QED) is 0.587. The van der Waals surface area contributed by atoms with Crippen molar-refractivity contribution in [2.45, 2.75) is 46.1 Å². The Hall–Kier alpha value is -1.45. The minimum Gasteiger partial charge on any atom is -0.461 e. The van der Waals surface area contributed by atoms with Crippen LogP contribution in [0.4, 0.5) is 5.69 Å². The highest BCUT2D eigenvalue weighted by Gasteiger charge is 2.13. The Balaban J connectivity index is 2.55. The number of aryl methyl sites for hydroxylation is 1. The fourth-order valence-electron chi connectivity index (χ4n) is 1.72. The van der Waals surface area contributed by atoms with Gasteiger partial charge in [-0.3, -0.25) is 0 Å². The lowest BCUT2D eigenvalue weighted by Gasteiger charge is -2.07. The fourth-order valence-corrected chi connectivity index (χ4v) is 1.72. The average Bonchev–Trinajstić information content (AvgIpc) is 2.66. The normalized spacial score (nSPS) is 10.5. The molecule has 0 bridgehead atoms. The van der Waals surface area contributed by atoms with Gasteiger partial charge in [-0.1, -0.05) is 26.7 Å². The van der Waals surface area contributed by atoms with Gasteiger partial charge in [-0.05, 0) is 18.9 Å². The minimum absolute atomic E-state index is 0.272. The van der Waals surface area contributed by atoms with Crippen molar-refractivity contribution in [3.8, 4) is 0 Å². The predicted octanol–water partition coefficient (Wildman–Crippen LogP) is 2.83. The van der Waals surface area contributed by atoms with Gasteiger partial charge in [-0.2, -0.15) is 0 Å². The number of ether oxygens (including phenoxy) is 1. The first-order valence-corrected chi connectivity index (χ1v) is 6.31. The number of aromatic nitrogens is 1. The van der Waals surface area contributed by atoms with E-state index in [1.165, 1.54) is 0 Å². The second kappa shape index (κ2) is 6.99. The number of hydrogen-bond donors (Lipinski definition) is 1.